The molecule has 0 saturated heterocycles. The molecule has 0 heterocycles. The van der Waals surface area contributed by atoms with Crippen molar-refractivity contribution in [3.8, 4) is 16.9 Å². The molecule has 0 aromatic heterocycles. The van der Waals surface area contributed by atoms with Crippen LogP contribution in [0.25, 0.3) is 11.1 Å². The number of carbonyl (C=O) groups excluding carboxylic acids is 1. The molecule has 0 aliphatic heterocycles. The number of carbonyl (C=O) groups is 1. The Morgan fingerprint density at radius 1 is 0.865 bits per heavy atom. The second kappa shape index (κ2) is 15.8. The topological polar surface area (TPSA) is 38.8 Å². The normalized spacial score (nSPS) is 18.5. The van der Waals surface area contributed by atoms with E-state index in [1.54, 1.807) is 0 Å². The number of hydrogen-bond donors (Lipinski definition) is 0. The van der Waals surface area contributed by atoms with Crippen molar-refractivity contribution in [2.24, 2.45) is 5.92 Å². The first-order valence-corrected chi connectivity index (χ1v) is 14.7. The lowest BCUT2D eigenvalue weighted by atomic mass is 9.91. The molecular weight excluding hydrogens is 458 g/mol. The van der Waals surface area contributed by atoms with Gasteiger partial charge in [-0.2, -0.15) is 0 Å². The van der Waals surface area contributed by atoms with E-state index in [-0.39, 0.29) is 12.1 Å². The van der Waals surface area contributed by atoms with E-state index in [1.807, 2.05) is 36.4 Å². The molecule has 1 unspecified atom stereocenters. The van der Waals surface area contributed by atoms with Gasteiger partial charge in [-0.05, 0) is 80.5 Å². The van der Waals surface area contributed by atoms with Crippen LogP contribution in [-0.2, 0) is 4.74 Å². The minimum atomic E-state index is -0.207. The zero-order valence-corrected chi connectivity index (χ0v) is 23.7. The number of esters is 1. The summed E-state index contributed by atoms with van der Waals surface area (Å²) in [4.78, 5) is 15.3. The summed E-state index contributed by atoms with van der Waals surface area (Å²) in [6.07, 6.45) is 13.0. The minimum Gasteiger partial charge on any atom is -0.494 e. The largest absolute Gasteiger partial charge is 0.494 e. The van der Waals surface area contributed by atoms with Crippen LogP contribution >= 0.6 is 0 Å². The fraction of sp³-hybridized carbons (Fsp3) is 0.606. The van der Waals surface area contributed by atoms with Crippen molar-refractivity contribution in [3.63, 3.8) is 0 Å². The van der Waals surface area contributed by atoms with E-state index >= 15 is 0 Å². The van der Waals surface area contributed by atoms with Crippen molar-refractivity contribution < 1.29 is 14.3 Å². The highest BCUT2D eigenvalue weighted by Gasteiger charge is 2.27. The average Bonchev–Trinajstić information content (AvgIpc) is 2.93. The summed E-state index contributed by atoms with van der Waals surface area (Å²) in [6.45, 7) is 8.74. The van der Waals surface area contributed by atoms with Crippen molar-refractivity contribution in [1.82, 2.24) is 4.90 Å². The third-order valence-corrected chi connectivity index (χ3v) is 7.91. The average molecular weight is 508 g/mol. The van der Waals surface area contributed by atoms with Crippen molar-refractivity contribution in [3.05, 3.63) is 54.1 Å². The molecule has 37 heavy (non-hydrogen) atoms. The molecule has 0 N–H and O–H groups in total. The summed E-state index contributed by atoms with van der Waals surface area (Å²) < 4.78 is 11.8. The first-order valence-electron chi connectivity index (χ1n) is 14.7. The van der Waals surface area contributed by atoms with Crippen LogP contribution in [-0.4, -0.2) is 43.2 Å². The molecule has 2 aromatic carbocycles. The van der Waals surface area contributed by atoms with Gasteiger partial charge >= 0.3 is 5.97 Å². The van der Waals surface area contributed by atoms with E-state index in [9.17, 15) is 4.79 Å². The molecule has 0 bridgehead atoms. The van der Waals surface area contributed by atoms with Crippen molar-refractivity contribution in [2.45, 2.75) is 104 Å². The van der Waals surface area contributed by atoms with Gasteiger partial charge in [-0.3, -0.25) is 0 Å². The molecule has 3 rings (SSSR count). The molecule has 204 valence electrons. The maximum Gasteiger partial charge on any atom is 0.338 e. The quantitative estimate of drug-likeness (QED) is 0.179. The summed E-state index contributed by atoms with van der Waals surface area (Å²) >= 11 is 0. The molecule has 2 aromatic rings. The van der Waals surface area contributed by atoms with Crippen LogP contribution in [0.5, 0.6) is 5.75 Å². The first-order chi connectivity index (χ1) is 18.0. The Morgan fingerprint density at radius 3 is 2.08 bits per heavy atom. The Bertz CT molecular complexity index is 900. The Balaban J connectivity index is 1.41. The predicted molar refractivity (Wildman–Crippen MR) is 154 cm³/mol. The molecule has 4 heteroatoms. The fourth-order valence-electron chi connectivity index (χ4n) is 5.21. The van der Waals surface area contributed by atoms with E-state index in [1.165, 1.54) is 38.5 Å². The van der Waals surface area contributed by atoms with Gasteiger partial charge in [-0.15, -0.1) is 0 Å². The second-order valence-electron chi connectivity index (χ2n) is 11.0. The van der Waals surface area contributed by atoms with E-state index in [4.69, 9.17) is 9.47 Å². The van der Waals surface area contributed by atoms with Gasteiger partial charge in [0.15, 0.2) is 0 Å². The van der Waals surface area contributed by atoms with Crippen LogP contribution in [0.2, 0.25) is 0 Å². The van der Waals surface area contributed by atoms with Crippen LogP contribution in [0.4, 0.5) is 0 Å². The third-order valence-electron chi connectivity index (χ3n) is 7.91. The molecule has 0 radical (unpaired) electrons. The highest BCUT2D eigenvalue weighted by atomic mass is 16.5. The molecule has 0 spiro atoms. The Kier molecular flexibility index (Phi) is 12.5. The summed E-state index contributed by atoms with van der Waals surface area (Å²) in [7, 11) is 2.24. The lowest BCUT2D eigenvalue weighted by Gasteiger charge is -2.35. The smallest absolute Gasteiger partial charge is 0.338 e. The van der Waals surface area contributed by atoms with Gasteiger partial charge in [0.1, 0.15) is 11.9 Å². The molecule has 1 fully saturated rings. The summed E-state index contributed by atoms with van der Waals surface area (Å²) in [5, 5.41) is 0. The van der Waals surface area contributed by atoms with Gasteiger partial charge in [0.2, 0.25) is 0 Å². The van der Waals surface area contributed by atoms with Gasteiger partial charge in [-0.1, -0.05) is 83.6 Å². The number of benzene rings is 2. The summed E-state index contributed by atoms with van der Waals surface area (Å²) in [5.74, 6) is 1.43. The number of unbranched alkanes of at least 4 members (excludes halogenated alkanes) is 5. The molecule has 1 saturated carbocycles. The molecule has 4 nitrogen and oxygen atoms in total. The fourth-order valence-corrected chi connectivity index (χ4v) is 5.21. The third kappa shape index (κ3) is 9.81. The SMILES string of the molecule is CCCCCCCCOc1ccc(-c2ccc(C(=O)OC3CCC(N(C)CC(C)CC)CC3)cc2)cc1. The van der Waals surface area contributed by atoms with Crippen LogP contribution in [0.1, 0.15) is 102 Å². The molecular formula is C33H49NO3. The van der Waals surface area contributed by atoms with Gasteiger partial charge in [-0.25, -0.2) is 4.79 Å². The van der Waals surface area contributed by atoms with E-state index in [0.717, 1.165) is 68.1 Å². The lowest BCUT2D eigenvalue weighted by molar-refractivity contribution is 0.0121. The van der Waals surface area contributed by atoms with Gasteiger partial charge < -0.3 is 14.4 Å². The van der Waals surface area contributed by atoms with Gasteiger partial charge in [0, 0.05) is 12.6 Å². The number of nitrogens with zero attached hydrogens (tertiary/aromatic N) is 1. The van der Waals surface area contributed by atoms with Crippen molar-refractivity contribution in [1.29, 1.82) is 0 Å². The molecule has 1 aliphatic rings. The summed E-state index contributed by atoms with van der Waals surface area (Å²) in [6, 6.07) is 16.6. The second-order valence-corrected chi connectivity index (χ2v) is 11.0. The van der Waals surface area contributed by atoms with E-state index < -0.39 is 0 Å². The first kappa shape index (κ1) is 29.2. The predicted octanol–water partition coefficient (Wildman–Crippen LogP) is 8.54. The highest BCUT2D eigenvalue weighted by Crippen LogP contribution is 2.27. The molecule has 1 atom stereocenters. The molecule has 0 amide bonds. The number of ether oxygens (including phenoxy) is 2. The molecule has 1 aliphatic carbocycles. The van der Waals surface area contributed by atoms with E-state index in [0.29, 0.717) is 11.6 Å². The minimum absolute atomic E-state index is 0.0318. The summed E-state index contributed by atoms with van der Waals surface area (Å²) in [5.41, 5.74) is 2.83. The number of hydrogen-bond acceptors (Lipinski definition) is 4. The zero-order valence-electron chi connectivity index (χ0n) is 23.7. The van der Waals surface area contributed by atoms with Crippen LogP contribution in [0.15, 0.2) is 48.5 Å². The Hall–Kier alpha value is -2.33. The van der Waals surface area contributed by atoms with Crippen LogP contribution < -0.4 is 4.74 Å². The maximum atomic E-state index is 12.8. The Morgan fingerprint density at radius 2 is 1.46 bits per heavy atom. The zero-order chi connectivity index (χ0) is 26.5. The van der Waals surface area contributed by atoms with Crippen LogP contribution in [0, 0.1) is 5.92 Å². The number of rotatable bonds is 15. The van der Waals surface area contributed by atoms with Crippen LogP contribution in [0.3, 0.4) is 0 Å². The van der Waals surface area contributed by atoms with Crippen molar-refractivity contribution >= 4 is 5.97 Å². The Labute approximate surface area is 225 Å². The van der Waals surface area contributed by atoms with E-state index in [2.05, 4.69) is 44.9 Å². The monoisotopic (exact) mass is 507 g/mol. The van der Waals surface area contributed by atoms with Gasteiger partial charge in [0.05, 0.1) is 12.2 Å². The lowest BCUT2D eigenvalue weighted by Crippen LogP contribution is -2.39. The van der Waals surface area contributed by atoms with Crippen molar-refractivity contribution in [2.75, 3.05) is 20.2 Å². The standard InChI is InChI=1S/C33H49NO3/c1-5-7-8-9-10-11-24-36-31-20-16-28(17-21-31)27-12-14-29(15-13-27)33(35)37-32-22-18-30(19-23-32)34(4)25-26(3)6-2/h12-17,20-21,26,30,32H,5-11,18-19,22-25H2,1-4H3. The highest BCUT2D eigenvalue weighted by molar-refractivity contribution is 5.90. The van der Waals surface area contributed by atoms with Gasteiger partial charge in [0.25, 0.3) is 0 Å². The maximum absolute atomic E-state index is 12.8.